The Bertz CT molecular complexity index is 1630. The molecule has 0 aliphatic carbocycles. The maximum absolute atomic E-state index is 12.9. The summed E-state index contributed by atoms with van der Waals surface area (Å²) in [4.78, 5) is 41.1. The van der Waals surface area contributed by atoms with Gasteiger partial charge in [-0.1, -0.05) is 61.9 Å². The van der Waals surface area contributed by atoms with E-state index in [2.05, 4.69) is 55.9 Å². The zero-order valence-electron chi connectivity index (χ0n) is 26.9. The number of carbonyl (C=O) groups excluding carboxylic acids is 1. The van der Waals surface area contributed by atoms with E-state index in [9.17, 15) is 9.59 Å². The second-order valence-corrected chi connectivity index (χ2v) is 11.7. The molecule has 1 aliphatic heterocycles. The number of fused-ring (bicyclic) bond motifs is 1. The molecule has 4 aromatic rings. The average molecular weight is 632 g/mol. The van der Waals surface area contributed by atoms with E-state index in [1.807, 2.05) is 24.3 Å². The van der Waals surface area contributed by atoms with Crippen LogP contribution in [0, 0.1) is 0 Å². The number of methoxy groups -OCH3 is 1. The van der Waals surface area contributed by atoms with Crippen molar-refractivity contribution in [3.05, 3.63) is 81.3 Å². The Balaban J connectivity index is 1.28. The number of nitrogens with two attached hydrogens (primary N) is 1. The fourth-order valence-corrected chi connectivity index (χ4v) is 5.63. The first kappa shape index (κ1) is 33.1. The van der Waals surface area contributed by atoms with Crippen LogP contribution in [0.3, 0.4) is 0 Å². The van der Waals surface area contributed by atoms with Crippen LogP contribution in [0.15, 0.2) is 53.3 Å². The molecule has 3 N–H and O–H groups in total. The number of esters is 1. The number of rotatable bonds is 16. The van der Waals surface area contributed by atoms with Crippen molar-refractivity contribution in [2.45, 2.75) is 52.2 Å². The lowest BCUT2D eigenvalue weighted by Crippen LogP contribution is -2.38. The Morgan fingerprint density at radius 2 is 1.76 bits per heavy atom. The van der Waals surface area contributed by atoms with Crippen LogP contribution >= 0.6 is 0 Å². The number of nitrogen functional groups attached to an aromatic ring is 1. The number of aromatic amines is 1. The highest BCUT2D eigenvalue weighted by Gasteiger charge is 2.16. The van der Waals surface area contributed by atoms with E-state index < -0.39 is 0 Å². The van der Waals surface area contributed by atoms with E-state index in [4.69, 9.17) is 19.9 Å². The Labute approximate surface area is 269 Å². The summed E-state index contributed by atoms with van der Waals surface area (Å²) in [6.07, 6.45) is 3.16. The molecule has 1 fully saturated rings. The number of ether oxygens (including phenoxy) is 3. The topological polar surface area (TPSA) is 141 Å². The van der Waals surface area contributed by atoms with Crippen LogP contribution in [0.1, 0.15) is 48.4 Å². The number of H-pyrrole nitrogens is 1. The maximum atomic E-state index is 12.9. The summed E-state index contributed by atoms with van der Waals surface area (Å²) in [5, 5.41) is 0. The summed E-state index contributed by atoms with van der Waals surface area (Å²) in [5.74, 6) is -0.0570. The van der Waals surface area contributed by atoms with Gasteiger partial charge >= 0.3 is 17.7 Å². The summed E-state index contributed by atoms with van der Waals surface area (Å²) in [6, 6.07) is 16.6. The monoisotopic (exact) mass is 631 g/mol. The van der Waals surface area contributed by atoms with Gasteiger partial charge in [0.1, 0.15) is 5.52 Å². The van der Waals surface area contributed by atoms with Crippen molar-refractivity contribution < 1.29 is 19.0 Å². The first-order chi connectivity index (χ1) is 22.4. The van der Waals surface area contributed by atoms with Gasteiger partial charge in [0.2, 0.25) is 0 Å². The third kappa shape index (κ3) is 9.15. The fraction of sp³-hybridized carbons (Fsp3) is 0.471. The van der Waals surface area contributed by atoms with Gasteiger partial charge in [-0.2, -0.15) is 9.97 Å². The molecule has 0 bridgehead atoms. The van der Waals surface area contributed by atoms with Crippen LogP contribution in [0.4, 0.5) is 5.82 Å². The van der Waals surface area contributed by atoms with Gasteiger partial charge < -0.3 is 24.9 Å². The van der Waals surface area contributed by atoms with Gasteiger partial charge in [-0.25, -0.2) is 4.79 Å². The number of morpholine rings is 1. The minimum atomic E-state index is -0.299. The quantitative estimate of drug-likeness (QED) is 0.140. The molecule has 12 nitrogen and oxygen atoms in total. The normalized spacial score (nSPS) is 13.8. The number of carbonyl (C=O) groups is 1. The van der Waals surface area contributed by atoms with Crippen LogP contribution in [0.2, 0.25) is 0 Å². The van der Waals surface area contributed by atoms with Gasteiger partial charge in [-0.05, 0) is 41.6 Å². The first-order valence-corrected chi connectivity index (χ1v) is 16.1. The van der Waals surface area contributed by atoms with Crippen LogP contribution < -0.4 is 16.2 Å². The zero-order valence-corrected chi connectivity index (χ0v) is 26.9. The Kier molecular flexibility index (Phi) is 11.8. The van der Waals surface area contributed by atoms with Gasteiger partial charge in [0.15, 0.2) is 11.5 Å². The number of imidazole rings is 1. The Morgan fingerprint density at radius 1 is 1.02 bits per heavy atom. The molecule has 2 aromatic carbocycles. The molecule has 0 atom stereocenters. The van der Waals surface area contributed by atoms with Crippen molar-refractivity contribution in [3.8, 4) is 6.01 Å². The summed E-state index contributed by atoms with van der Waals surface area (Å²) in [5.41, 5.74) is 10.9. The lowest BCUT2D eigenvalue weighted by molar-refractivity contribution is -0.139. The Hall–Kier alpha value is -4.26. The molecule has 0 saturated carbocycles. The number of unbranched alkanes of at least 4 members (excludes halogenated alkanes) is 1. The predicted octanol–water partition coefficient (Wildman–Crippen LogP) is 3.37. The van der Waals surface area contributed by atoms with E-state index >= 15 is 0 Å². The van der Waals surface area contributed by atoms with E-state index in [1.165, 1.54) is 12.7 Å². The number of anilines is 1. The van der Waals surface area contributed by atoms with Crippen molar-refractivity contribution in [1.29, 1.82) is 0 Å². The summed E-state index contributed by atoms with van der Waals surface area (Å²) < 4.78 is 17.6. The number of aromatic nitrogens is 4. The van der Waals surface area contributed by atoms with E-state index in [0.29, 0.717) is 24.3 Å². The number of hydrogen-bond acceptors (Lipinski definition) is 10. The highest BCUT2D eigenvalue weighted by atomic mass is 16.5. The lowest BCUT2D eigenvalue weighted by atomic mass is 10.1. The molecule has 3 heterocycles. The molecule has 2 aromatic heterocycles. The first-order valence-electron chi connectivity index (χ1n) is 16.1. The third-order valence-corrected chi connectivity index (χ3v) is 8.16. The van der Waals surface area contributed by atoms with E-state index in [-0.39, 0.29) is 29.9 Å². The number of benzene rings is 2. The largest absolute Gasteiger partial charge is 0.469 e. The van der Waals surface area contributed by atoms with Gasteiger partial charge in [0.25, 0.3) is 0 Å². The summed E-state index contributed by atoms with van der Waals surface area (Å²) in [7, 11) is 1.41. The zero-order chi connectivity index (χ0) is 32.3. The average Bonchev–Trinajstić information content (AvgIpc) is 3.37. The van der Waals surface area contributed by atoms with E-state index in [0.717, 1.165) is 88.4 Å². The smallest absolute Gasteiger partial charge is 0.328 e. The molecule has 5 rings (SSSR count). The SMILES string of the molecule is CCCCOc1nc(N)c2[nH]c(=O)n(Cc3ccc(CN(CCCN4CCOCC4)Cc4cccc(CC(=O)OC)c4)cc3)c2n1. The second kappa shape index (κ2) is 16.3. The van der Waals surface area contributed by atoms with Crippen LogP contribution in [0.5, 0.6) is 6.01 Å². The molecular weight excluding hydrogens is 586 g/mol. The van der Waals surface area contributed by atoms with E-state index in [1.54, 1.807) is 4.57 Å². The number of hydrogen-bond donors (Lipinski definition) is 2. The molecule has 246 valence electrons. The fourth-order valence-electron chi connectivity index (χ4n) is 5.63. The van der Waals surface area contributed by atoms with Gasteiger partial charge in [0, 0.05) is 32.7 Å². The number of nitrogens with zero attached hydrogens (tertiary/aromatic N) is 5. The molecule has 0 spiro atoms. The van der Waals surface area contributed by atoms with Crippen LogP contribution in [0.25, 0.3) is 11.2 Å². The van der Waals surface area contributed by atoms with Crippen molar-refractivity contribution >= 4 is 23.0 Å². The molecule has 12 heteroatoms. The van der Waals surface area contributed by atoms with Crippen molar-refractivity contribution in [2.75, 3.05) is 58.8 Å². The van der Waals surface area contributed by atoms with Crippen molar-refractivity contribution in [3.63, 3.8) is 0 Å². The molecule has 1 saturated heterocycles. The minimum absolute atomic E-state index is 0.172. The molecule has 0 radical (unpaired) electrons. The lowest BCUT2D eigenvalue weighted by Gasteiger charge is -2.28. The summed E-state index contributed by atoms with van der Waals surface area (Å²) >= 11 is 0. The summed E-state index contributed by atoms with van der Waals surface area (Å²) in [6.45, 7) is 9.91. The molecule has 46 heavy (non-hydrogen) atoms. The van der Waals surface area contributed by atoms with Gasteiger partial charge in [0.05, 0.1) is 39.9 Å². The van der Waals surface area contributed by atoms with Crippen molar-refractivity contribution in [2.24, 2.45) is 0 Å². The second-order valence-electron chi connectivity index (χ2n) is 11.7. The van der Waals surface area contributed by atoms with Crippen LogP contribution in [-0.2, 0) is 40.3 Å². The van der Waals surface area contributed by atoms with Gasteiger partial charge in [-0.15, -0.1) is 0 Å². The highest BCUT2D eigenvalue weighted by molar-refractivity contribution is 5.82. The van der Waals surface area contributed by atoms with Gasteiger partial charge in [-0.3, -0.25) is 19.2 Å². The van der Waals surface area contributed by atoms with Crippen LogP contribution in [-0.4, -0.2) is 88.4 Å². The molecule has 1 aliphatic rings. The molecule has 0 amide bonds. The molecule has 0 unspecified atom stereocenters. The predicted molar refractivity (Wildman–Crippen MR) is 177 cm³/mol. The minimum Gasteiger partial charge on any atom is -0.469 e. The Morgan fingerprint density at radius 3 is 2.52 bits per heavy atom. The number of nitrogens with one attached hydrogen (secondary N) is 1. The molecular formula is C34H45N7O5. The van der Waals surface area contributed by atoms with Crippen molar-refractivity contribution in [1.82, 2.24) is 29.3 Å². The third-order valence-electron chi connectivity index (χ3n) is 8.16. The standard InChI is InChI=1S/C34H45N7O5/c1-3-4-17-46-33-37-31(35)30-32(38-33)41(34(43)36-30)24-26-11-9-25(10-12-26)22-40(14-6-13-39-15-18-45-19-16-39)23-28-8-5-7-27(20-28)21-29(42)44-2/h5,7-12,20H,3-4,6,13-19,21-24H2,1-2H3,(H,36,43)(H2,35,37,38). The highest BCUT2D eigenvalue weighted by Crippen LogP contribution is 2.20. The maximum Gasteiger partial charge on any atom is 0.328 e.